The third-order valence-electron chi connectivity index (χ3n) is 14.5. The van der Waals surface area contributed by atoms with E-state index in [2.05, 4.69) is 54.5 Å². The maximum Gasteiger partial charge on any atom is 0.330 e. The van der Waals surface area contributed by atoms with E-state index >= 15 is 0 Å². The zero-order valence-corrected chi connectivity index (χ0v) is 28.1. The molecule has 0 saturated heterocycles. The van der Waals surface area contributed by atoms with Crippen molar-refractivity contribution < 1.29 is 24.9 Å². The van der Waals surface area contributed by atoms with Crippen molar-refractivity contribution in [1.82, 2.24) is 0 Å². The molecule has 242 valence electrons. The van der Waals surface area contributed by atoms with E-state index < -0.39 is 23.6 Å². The molecule has 0 aliphatic heterocycles. The molecule has 1 aromatic carbocycles. The lowest BCUT2D eigenvalue weighted by Gasteiger charge is -2.72. The quantitative estimate of drug-likeness (QED) is 0.190. The Labute approximate surface area is 265 Å². The first kappa shape index (κ1) is 32.0. The summed E-state index contributed by atoms with van der Waals surface area (Å²) in [5.74, 6) is 0.393. The molecule has 10 unspecified atom stereocenters. The van der Waals surface area contributed by atoms with Crippen LogP contribution in [0.3, 0.4) is 0 Å². The standard InChI is InChI=1S/C39H56O5/c1-34(2)21-27-26-14-15-29-36(5)19-18-30(40)35(3,4)28(36)17-20-37(29,6)38(26,7)23-32(42)39(27,31(41)22-34)24-44-33(43)16-13-25-11-9-8-10-12-25/h8-14,16,27-32,40-42H,15,17-24H2,1-7H3. The van der Waals surface area contributed by atoms with Gasteiger partial charge in [0, 0.05) is 6.08 Å². The molecule has 4 fully saturated rings. The van der Waals surface area contributed by atoms with Gasteiger partial charge in [-0.2, -0.15) is 0 Å². The first-order valence-corrected chi connectivity index (χ1v) is 17.2. The van der Waals surface area contributed by atoms with Crippen molar-refractivity contribution in [1.29, 1.82) is 0 Å². The predicted octanol–water partition coefficient (Wildman–Crippen LogP) is 7.35. The third-order valence-corrected chi connectivity index (χ3v) is 14.5. The summed E-state index contributed by atoms with van der Waals surface area (Å²) in [5, 5.41) is 35.2. The van der Waals surface area contributed by atoms with Crippen LogP contribution in [0.15, 0.2) is 48.1 Å². The Kier molecular flexibility index (Phi) is 7.67. The van der Waals surface area contributed by atoms with Gasteiger partial charge in [0.1, 0.15) is 6.61 Å². The van der Waals surface area contributed by atoms with Gasteiger partial charge >= 0.3 is 5.97 Å². The van der Waals surface area contributed by atoms with Crippen molar-refractivity contribution in [3.63, 3.8) is 0 Å². The normalized spacial score (nSPS) is 45.7. The summed E-state index contributed by atoms with van der Waals surface area (Å²) in [6.45, 7) is 16.4. The smallest absolute Gasteiger partial charge is 0.330 e. The molecule has 4 saturated carbocycles. The Hall–Kier alpha value is -1.95. The molecule has 5 aliphatic rings. The van der Waals surface area contributed by atoms with E-state index in [4.69, 9.17) is 4.74 Å². The van der Waals surface area contributed by atoms with E-state index in [1.807, 2.05) is 30.3 Å². The number of hydrogen-bond donors (Lipinski definition) is 3. The van der Waals surface area contributed by atoms with E-state index in [1.165, 1.54) is 11.6 Å². The van der Waals surface area contributed by atoms with Crippen molar-refractivity contribution in [2.24, 2.45) is 50.2 Å². The Bertz CT molecular complexity index is 1330. The monoisotopic (exact) mass is 604 g/mol. The Morgan fingerprint density at radius 3 is 2.25 bits per heavy atom. The second-order valence-corrected chi connectivity index (χ2v) is 17.5. The minimum atomic E-state index is -0.932. The highest BCUT2D eigenvalue weighted by molar-refractivity contribution is 5.87. The van der Waals surface area contributed by atoms with Gasteiger partial charge in [-0.1, -0.05) is 90.4 Å². The first-order chi connectivity index (χ1) is 20.5. The Balaban J connectivity index is 1.36. The minimum absolute atomic E-state index is 0.00741. The number of aliphatic hydroxyl groups excluding tert-OH is 3. The number of carbonyl (C=O) groups excluding carboxylic acids is 1. The summed E-state index contributed by atoms with van der Waals surface area (Å²) in [7, 11) is 0. The van der Waals surface area contributed by atoms with E-state index in [0.717, 1.165) is 44.1 Å². The van der Waals surface area contributed by atoms with Crippen molar-refractivity contribution in [2.45, 2.75) is 118 Å². The molecule has 5 aliphatic carbocycles. The van der Waals surface area contributed by atoms with E-state index in [-0.39, 0.29) is 45.7 Å². The molecule has 0 radical (unpaired) electrons. The van der Waals surface area contributed by atoms with Crippen LogP contribution in [-0.4, -0.2) is 46.2 Å². The molecule has 0 heterocycles. The predicted molar refractivity (Wildman–Crippen MR) is 174 cm³/mol. The highest BCUT2D eigenvalue weighted by atomic mass is 16.5. The van der Waals surface area contributed by atoms with Gasteiger partial charge in [-0.3, -0.25) is 0 Å². The molecule has 5 heteroatoms. The molecule has 0 aromatic heterocycles. The van der Waals surface area contributed by atoms with Crippen molar-refractivity contribution >= 4 is 12.0 Å². The summed E-state index contributed by atoms with van der Waals surface area (Å²) < 4.78 is 5.94. The number of fused-ring (bicyclic) bond motifs is 7. The number of hydrogen-bond acceptors (Lipinski definition) is 5. The van der Waals surface area contributed by atoms with Crippen LogP contribution in [0.5, 0.6) is 0 Å². The molecule has 6 rings (SSSR count). The van der Waals surface area contributed by atoms with Crippen LogP contribution >= 0.6 is 0 Å². The molecule has 10 atom stereocenters. The van der Waals surface area contributed by atoms with Crippen LogP contribution in [0.1, 0.15) is 105 Å². The largest absolute Gasteiger partial charge is 0.462 e. The number of allylic oxidation sites excluding steroid dienone is 2. The minimum Gasteiger partial charge on any atom is -0.462 e. The Morgan fingerprint density at radius 1 is 0.864 bits per heavy atom. The van der Waals surface area contributed by atoms with Crippen LogP contribution in [0, 0.1) is 50.2 Å². The lowest BCUT2D eigenvalue weighted by Crippen LogP contribution is -2.69. The molecule has 0 spiro atoms. The lowest BCUT2D eigenvalue weighted by atomic mass is 9.33. The number of esters is 1. The summed E-state index contributed by atoms with van der Waals surface area (Å²) in [6, 6.07) is 9.67. The van der Waals surface area contributed by atoms with Gasteiger partial charge in [0.2, 0.25) is 0 Å². The Morgan fingerprint density at radius 2 is 1.55 bits per heavy atom. The average molecular weight is 605 g/mol. The molecular formula is C39H56O5. The zero-order chi connectivity index (χ0) is 31.9. The summed E-state index contributed by atoms with van der Waals surface area (Å²) in [5.41, 5.74) is 1.01. The van der Waals surface area contributed by atoms with E-state index in [9.17, 15) is 20.1 Å². The fraction of sp³-hybridized carbons (Fsp3) is 0.718. The van der Waals surface area contributed by atoms with Gasteiger partial charge in [-0.05, 0) is 108 Å². The van der Waals surface area contributed by atoms with Gasteiger partial charge in [0.15, 0.2) is 0 Å². The van der Waals surface area contributed by atoms with Gasteiger partial charge < -0.3 is 20.1 Å². The number of benzene rings is 1. The molecule has 0 bridgehead atoms. The van der Waals surface area contributed by atoms with Crippen LogP contribution < -0.4 is 0 Å². The third kappa shape index (κ3) is 4.53. The second kappa shape index (κ2) is 10.5. The summed E-state index contributed by atoms with van der Waals surface area (Å²) >= 11 is 0. The summed E-state index contributed by atoms with van der Waals surface area (Å²) in [4.78, 5) is 13.0. The van der Waals surface area contributed by atoms with Crippen LogP contribution in [0.4, 0.5) is 0 Å². The summed E-state index contributed by atoms with van der Waals surface area (Å²) in [6.07, 6.45) is 10.9. The van der Waals surface area contributed by atoms with E-state index in [1.54, 1.807) is 6.08 Å². The fourth-order valence-corrected chi connectivity index (χ4v) is 11.9. The van der Waals surface area contributed by atoms with E-state index in [0.29, 0.717) is 24.7 Å². The lowest BCUT2D eigenvalue weighted by molar-refractivity contribution is -0.237. The first-order valence-electron chi connectivity index (χ1n) is 17.2. The molecule has 3 N–H and O–H groups in total. The number of carbonyl (C=O) groups is 1. The maximum absolute atomic E-state index is 13.0. The second-order valence-electron chi connectivity index (χ2n) is 17.5. The fourth-order valence-electron chi connectivity index (χ4n) is 11.9. The van der Waals surface area contributed by atoms with Gasteiger partial charge in [0.25, 0.3) is 0 Å². The van der Waals surface area contributed by atoms with Crippen molar-refractivity contribution in [3.8, 4) is 0 Å². The SMILES string of the molecule is CC1(C)CC(O)C2(COC(=O)C=Cc3ccccc3)C(O)CC3(C)C(=CCC4C5(C)CCC(O)C(C)(C)C5CCC43C)C2C1. The van der Waals surface area contributed by atoms with Gasteiger partial charge in [-0.15, -0.1) is 0 Å². The van der Waals surface area contributed by atoms with Gasteiger partial charge in [0.05, 0.1) is 23.7 Å². The topological polar surface area (TPSA) is 87.0 Å². The highest BCUT2D eigenvalue weighted by Gasteiger charge is 2.71. The van der Waals surface area contributed by atoms with Gasteiger partial charge in [-0.25, -0.2) is 4.79 Å². The molecule has 5 nitrogen and oxygen atoms in total. The number of rotatable bonds is 4. The van der Waals surface area contributed by atoms with Crippen molar-refractivity contribution in [2.75, 3.05) is 6.61 Å². The zero-order valence-electron chi connectivity index (χ0n) is 28.1. The number of ether oxygens (including phenoxy) is 1. The number of aliphatic hydroxyl groups is 3. The molecule has 1 aromatic rings. The van der Waals surface area contributed by atoms with Crippen LogP contribution in [0.25, 0.3) is 6.08 Å². The van der Waals surface area contributed by atoms with Crippen LogP contribution in [-0.2, 0) is 9.53 Å². The highest BCUT2D eigenvalue weighted by Crippen LogP contribution is 2.75. The molecule has 44 heavy (non-hydrogen) atoms. The maximum atomic E-state index is 13.0. The van der Waals surface area contributed by atoms with Crippen LogP contribution in [0.2, 0.25) is 0 Å². The van der Waals surface area contributed by atoms with Crippen molar-refractivity contribution in [3.05, 3.63) is 53.6 Å². The average Bonchev–Trinajstić information content (AvgIpc) is 2.94. The molecule has 0 amide bonds. The molecular weight excluding hydrogens is 548 g/mol.